The second-order valence-electron chi connectivity index (χ2n) is 6.40. The minimum atomic E-state index is -0.267. The molecule has 116 valence electrons. The molecule has 22 heavy (non-hydrogen) atoms. The number of hydrogen-bond donors (Lipinski definition) is 1. The molecule has 0 aliphatic carbocycles. The number of benzene rings is 1. The molecule has 1 amide bonds. The summed E-state index contributed by atoms with van der Waals surface area (Å²) in [6, 6.07) is 9.84. The number of carbonyl (C=O) groups is 1. The lowest BCUT2D eigenvalue weighted by molar-refractivity contribution is 0.0953. The Morgan fingerprint density at radius 2 is 1.82 bits per heavy atom. The Morgan fingerprint density at radius 1 is 1.18 bits per heavy atom. The van der Waals surface area contributed by atoms with Gasteiger partial charge in [-0.25, -0.2) is 5.43 Å². The molecule has 0 saturated heterocycles. The van der Waals surface area contributed by atoms with E-state index in [0.717, 1.165) is 5.56 Å². The molecule has 0 unspecified atom stereocenters. The maximum Gasteiger partial charge on any atom is 0.274 e. The first-order valence-electron chi connectivity index (χ1n) is 7.28. The Kier molecular flexibility index (Phi) is 4.50. The summed E-state index contributed by atoms with van der Waals surface area (Å²) in [5.41, 5.74) is 5.35. The predicted octanol–water partition coefficient (Wildman–Crippen LogP) is 3.96. The number of nitrogens with one attached hydrogen (secondary N) is 1. The Bertz CT molecular complexity index is 689. The maximum atomic E-state index is 12.0. The number of nitrogens with zero attached hydrogens (tertiary/aromatic N) is 1. The van der Waals surface area contributed by atoms with Gasteiger partial charge in [0.2, 0.25) is 0 Å². The summed E-state index contributed by atoms with van der Waals surface area (Å²) in [7, 11) is 0. The number of furan rings is 1. The minimum Gasteiger partial charge on any atom is -0.466 e. The molecule has 2 aromatic rings. The third kappa shape index (κ3) is 3.85. The zero-order valence-electron chi connectivity index (χ0n) is 13.7. The minimum absolute atomic E-state index is 0.126. The molecule has 0 atom stereocenters. The Morgan fingerprint density at radius 3 is 2.32 bits per heavy atom. The first-order chi connectivity index (χ1) is 10.3. The molecule has 1 aromatic heterocycles. The fraction of sp³-hybridized carbons (Fsp3) is 0.333. The van der Waals surface area contributed by atoms with Crippen molar-refractivity contribution in [3.8, 4) is 0 Å². The summed E-state index contributed by atoms with van der Waals surface area (Å²) in [6.07, 6.45) is 1.63. The van der Waals surface area contributed by atoms with Crippen molar-refractivity contribution < 1.29 is 9.21 Å². The van der Waals surface area contributed by atoms with E-state index in [1.807, 2.05) is 19.1 Å². The molecule has 4 nitrogen and oxygen atoms in total. The van der Waals surface area contributed by atoms with Crippen LogP contribution in [-0.2, 0) is 5.41 Å². The molecule has 0 aliphatic rings. The average molecular weight is 298 g/mol. The van der Waals surface area contributed by atoms with E-state index < -0.39 is 0 Å². The van der Waals surface area contributed by atoms with Gasteiger partial charge in [0.05, 0.1) is 11.8 Å². The van der Waals surface area contributed by atoms with E-state index >= 15 is 0 Å². The fourth-order valence-electron chi connectivity index (χ4n) is 2.15. The van der Waals surface area contributed by atoms with Crippen LogP contribution in [0.4, 0.5) is 0 Å². The van der Waals surface area contributed by atoms with Crippen LogP contribution in [0.3, 0.4) is 0 Å². The zero-order valence-corrected chi connectivity index (χ0v) is 13.7. The molecule has 0 saturated carbocycles. The van der Waals surface area contributed by atoms with Crippen LogP contribution in [0.2, 0.25) is 0 Å². The van der Waals surface area contributed by atoms with Crippen LogP contribution in [0.15, 0.2) is 39.9 Å². The molecular weight excluding hydrogens is 276 g/mol. The maximum absolute atomic E-state index is 12.0. The van der Waals surface area contributed by atoms with E-state index in [9.17, 15) is 4.79 Å². The van der Waals surface area contributed by atoms with Gasteiger partial charge in [-0.3, -0.25) is 4.79 Å². The van der Waals surface area contributed by atoms with Crippen LogP contribution < -0.4 is 5.43 Å². The molecule has 1 N–H and O–H groups in total. The summed E-state index contributed by atoms with van der Waals surface area (Å²) in [6.45, 7) is 10.1. The highest BCUT2D eigenvalue weighted by atomic mass is 16.3. The van der Waals surface area contributed by atoms with Crippen LogP contribution in [0.25, 0.3) is 0 Å². The number of hydrazone groups is 1. The van der Waals surface area contributed by atoms with E-state index in [-0.39, 0.29) is 11.3 Å². The monoisotopic (exact) mass is 298 g/mol. The summed E-state index contributed by atoms with van der Waals surface area (Å²) in [4.78, 5) is 12.0. The van der Waals surface area contributed by atoms with Gasteiger partial charge in [0.15, 0.2) is 0 Å². The van der Waals surface area contributed by atoms with Crippen molar-refractivity contribution >= 4 is 12.1 Å². The largest absolute Gasteiger partial charge is 0.466 e. The molecule has 0 radical (unpaired) electrons. The van der Waals surface area contributed by atoms with Gasteiger partial charge < -0.3 is 4.42 Å². The summed E-state index contributed by atoms with van der Waals surface area (Å²) in [5, 5.41) is 3.99. The van der Waals surface area contributed by atoms with Gasteiger partial charge in [-0.2, -0.15) is 5.10 Å². The number of aryl methyl sites for hydroxylation is 2. The normalized spacial score (nSPS) is 11.9. The third-order valence-corrected chi connectivity index (χ3v) is 3.44. The van der Waals surface area contributed by atoms with Gasteiger partial charge in [-0.1, -0.05) is 45.0 Å². The predicted molar refractivity (Wildman–Crippen MR) is 88.4 cm³/mol. The topological polar surface area (TPSA) is 54.6 Å². The van der Waals surface area contributed by atoms with Crippen LogP contribution in [0.1, 0.15) is 53.8 Å². The quantitative estimate of drug-likeness (QED) is 0.689. The highest BCUT2D eigenvalue weighted by Gasteiger charge is 2.13. The van der Waals surface area contributed by atoms with Gasteiger partial charge in [0.1, 0.15) is 11.5 Å². The highest BCUT2D eigenvalue weighted by molar-refractivity contribution is 5.95. The lowest BCUT2D eigenvalue weighted by atomic mass is 9.87. The first-order valence-corrected chi connectivity index (χ1v) is 7.28. The molecule has 0 bridgehead atoms. The Balaban J connectivity index is 2.01. The van der Waals surface area contributed by atoms with Crippen molar-refractivity contribution in [2.45, 2.75) is 40.0 Å². The smallest absolute Gasteiger partial charge is 0.274 e. The fourth-order valence-corrected chi connectivity index (χ4v) is 2.15. The SMILES string of the molecule is Cc1cc(C(=O)NN=Cc2ccc(C(C)(C)C)cc2)c(C)o1. The van der Waals surface area contributed by atoms with E-state index in [2.05, 4.69) is 43.4 Å². The molecule has 1 heterocycles. The third-order valence-electron chi connectivity index (χ3n) is 3.44. The Hall–Kier alpha value is -2.36. The van der Waals surface area contributed by atoms with Gasteiger partial charge in [0.25, 0.3) is 5.91 Å². The van der Waals surface area contributed by atoms with Crippen molar-refractivity contribution in [2.24, 2.45) is 5.10 Å². The van der Waals surface area contributed by atoms with E-state index in [4.69, 9.17) is 4.42 Å². The van der Waals surface area contributed by atoms with E-state index in [0.29, 0.717) is 17.1 Å². The lowest BCUT2D eigenvalue weighted by Gasteiger charge is -2.18. The zero-order chi connectivity index (χ0) is 16.3. The van der Waals surface area contributed by atoms with E-state index in [1.165, 1.54) is 5.56 Å². The van der Waals surface area contributed by atoms with Crippen LogP contribution in [0, 0.1) is 13.8 Å². The van der Waals surface area contributed by atoms with Crippen LogP contribution >= 0.6 is 0 Å². The number of hydrogen-bond acceptors (Lipinski definition) is 3. The summed E-state index contributed by atoms with van der Waals surface area (Å²) in [5.74, 6) is 1.04. The molecule has 4 heteroatoms. The van der Waals surface area contributed by atoms with Gasteiger partial charge >= 0.3 is 0 Å². The molecule has 2 rings (SSSR count). The van der Waals surface area contributed by atoms with Crippen LogP contribution in [-0.4, -0.2) is 12.1 Å². The summed E-state index contributed by atoms with van der Waals surface area (Å²) < 4.78 is 5.33. The average Bonchev–Trinajstić information content (AvgIpc) is 2.77. The Labute approximate surface area is 131 Å². The second-order valence-corrected chi connectivity index (χ2v) is 6.40. The summed E-state index contributed by atoms with van der Waals surface area (Å²) >= 11 is 0. The van der Waals surface area contributed by atoms with Crippen molar-refractivity contribution in [1.29, 1.82) is 0 Å². The molecule has 1 aromatic carbocycles. The standard InChI is InChI=1S/C18H22N2O2/c1-12-10-16(13(2)22-12)17(21)20-19-11-14-6-8-15(9-7-14)18(3,4)5/h6-11H,1-5H3,(H,20,21). The van der Waals surface area contributed by atoms with E-state index in [1.54, 1.807) is 19.2 Å². The molecule has 0 spiro atoms. The lowest BCUT2D eigenvalue weighted by Crippen LogP contribution is -2.17. The number of rotatable bonds is 3. The van der Waals surface area contributed by atoms with Gasteiger partial charge in [-0.05, 0) is 36.5 Å². The van der Waals surface area contributed by atoms with Crippen LogP contribution in [0.5, 0.6) is 0 Å². The van der Waals surface area contributed by atoms with Crippen molar-refractivity contribution in [1.82, 2.24) is 5.43 Å². The highest BCUT2D eigenvalue weighted by Crippen LogP contribution is 2.21. The number of amides is 1. The molecular formula is C18H22N2O2. The van der Waals surface area contributed by atoms with Crippen molar-refractivity contribution in [3.05, 3.63) is 58.5 Å². The first kappa shape index (κ1) is 16.0. The van der Waals surface area contributed by atoms with Gasteiger partial charge in [-0.15, -0.1) is 0 Å². The second kappa shape index (κ2) is 6.18. The molecule has 0 fully saturated rings. The molecule has 0 aliphatic heterocycles. The number of carbonyl (C=O) groups excluding carboxylic acids is 1. The van der Waals surface area contributed by atoms with Crippen molar-refractivity contribution in [2.75, 3.05) is 0 Å². The van der Waals surface area contributed by atoms with Crippen molar-refractivity contribution in [3.63, 3.8) is 0 Å². The van der Waals surface area contributed by atoms with Gasteiger partial charge in [0, 0.05) is 0 Å².